The quantitative estimate of drug-likeness (QED) is 0.448. The largest absolute Gasteiger partial charge is 0.388 e. The van der Waals surface area contributed by atoms with Crippen LogP contribution in [0.25, 0.3) is 0 Å². The topological polar surface area (TPSA) is 110 Å². The Balaban J connectivity index is 0.000000821. The van der Waals surface area contributed by atoms with E-state index in [1.165, 1.54) is 11.1 Å². The molecule has 158 valence electrons. The zero-order valence-electron chi connectivity index (χ0n) is 17.8. The highest BCUT2D eigenvalue weighted by Gasteiger charge is 2.30. The lowest BCUT2D eigenvalue weighted by Gasteiger charge is -2.33. The van der Waals surface area contributed by atoms with Crippen molar-refractivity contribution in [2.24, 2.45) is 5.41 Å². The van der Waals surface area contributed by atoms with Crippen LogP contribution in [-0.4, -0.2) is 24.7 Å². The van der Waals surface area contributed by atoms with Gasteiger partial charge >= 0.3 is 17.2 Å². The van der Waals surface area contributed by atoms with Gasteiger partial charge < -0.3 is 24.7 Å². The number of hydrogen-bond donors (Lipinski definition) is 5. The first-order chi connectivity index (χ1) is 11.9. The van der Waals surface area contributed by atoms with Gasteiger partial charge in [0.15, 0.2) is 0 Å². The Morgan fingerprint density at radius 1 is 0.778 bits per heavy atom. The van der Waals surface area contributed by atoms with Gasteiger partial charge in [0.2, 0.25) is 0 Å². The first-order valence-electron chi connectivity index (χ1n) is 8.74. The molecule has 1 unspecified atom stereocenters. The van der Waals surface area contributed by atoms with Crippen LogP contribution < -0.4 is 0 Å². The SMILES string of the molecule is CC(C)(C)c1ccc(C(O)C(C)(C)C)c(C(C)(C)C)c1.OP(O)OP(O)O. The van der Waals surface area contributed by atoms with Gasteiger partial charge in [0.05, 0.1) is 6.10 Å². The van der Waals surface area contributed by atoms with Gasteiger partial charge in [-0.1, -0.05) is 80.5 Å². The Morgan fingerprint density at radius 2 is 1.22 bits per heavy atom. The van der Waals surface area contributed by atoms with Crippen LogP contribution in [0.4, 0.5) is 0 Å². The van der Waals surface area contributed by atoms with E-state index in [1.54, 1.807) is 0 Å². The van der Waals surface area contributed by atoms with Crippen LogP contribution in [0.1, 0.15) is 85.1 Å². The monoisotopic (exact) mass is 422 g/mol. The van der Waals surface area contributed by atoms with Gasteiger partial charge in [-0.2, -0.15) is 0 Å². The molecule has 0 saturated carbocycles. The van der Waals surface area contributed by atoms with Gasteiger partial charge in [0.1, 0.15) is 0 Å². The van der Waals surface area contributed by atoms with Gasteiger partial charge in [-0.3, -0.25) is 0 Å². The average molecular weight is 422 g/mol. The van der Waals surface area contributed by atoms with Gasteiger partial charge in [0, 0.05) is 0 Å². The van der Waals surface area contributed by atoms with Crippen LogP contribution in [0.2, 0.25) is 0 Å². The number of benzene rings is 1. The summed E-state index contributed by atoms with van der Waals surface area (Å²) in [6.45, 7) is 19.6. The second kappa shape index (κ2) is 10.0. The smallest absolute Gasteiger partial charge is 0.334 e. The molecular weight excluding hydrogens is 386 g/mol. The maximum absolute atomic E-state index is 10.7. The predicted molar refractivity (Wildman–Crippen MR) is 112 cm³/mol. The molecular formula is C19H36O6P2. The highest BCUT2D eigenvalue weighted by Crippen LogP contribution is 2.42. The summed E-state index contributed by atoms with van der Waals surface area (Å²) in [7, 11) is -5.22. The van der Waals surface area contributed by atoms with E-state index < -0.39 is 23.3 Å². The molecule has 0 aliphatic heterocycles. The lowest BCUT2D eigenvalue weighted by atomic mass is 9.74. The van der Waals surface area contributed by atoms with E-state index >= 15 is 0 Å². The van der Waals surface area contributed by atoms with Crippen molar-refractivity contribution in [3.05, 3.63) is 34.9 Å². The number of rotatable bonds is 3. The Bertz CT molecular complexity index is 577. The first kappa shape index (κ1) is 26.8. The van der Waals surface area contributed by atoms with Crippen molar-refractivity contribution in [3.8, 4) is 0 Å². The fourth-order valence-electron chi connectivity index (χ4n) is 2.44. The van der Waals surface area contributed by atoms with Crippen molar-refractivity contribution in [2.45, 2.75) is 79.2 Å². The third-order valence-corrected chi connectivity index (χ3v) is 5.16. The average Bonchev–Trinajstić information content (AvgIpc) is 2.42. The minimum atomic E-state index is -2.61. The Labute approximate surface area is 166 Å². The van der Waals surface area contributed by atoms with Gasteiger partial charge in [-0.25, -0.2) is 4.31 Å². The Hall–Kier alpha value is -0.160. The van der Waals surface area contributed by atoms with Crippen LogP contribution in [0.15, 0.2) is 18.2 Å². The van der Waals surface area contributed by atoms with Crippen molar-refractivity contribution in [2.75, 3.05) is 0 Å². The van der Waals surface area contributed by atoms with Crippen LogP contribution >= 0.6 is 17.2 Å². The fourth-order valence-corrected chi connectivity index (χ4v) is 2.97. The van der Waals surface area contributed by atoms with Crippen LogP contribution in [0.5, 0.6) is 0 Å². The maximum atomic E-state index is 10.7. The summed E-state index contributed by atoms with van der Waals surface area (Å²) < 4.78 is 3.60. The predicted octanol–water partition coefficient (Wildman–Crippen LogP) is 4.79. The van der Waals surface area contributed by atoms with Crippen molar-refractivity contribution < 1.29 is 29.0 Å². The standard InChI is InChI=1S/C19H32O.H4O5P2/c1-17(2,3)13-10-11-14(16(20)19(7,8)9)15(12-13)18(4,5)6;1-6(2)5-7(3)4/h10-12,16,20H,1-9H3;1-4H. The van der Waals surface area contributed by atoms with E-state index in [9.17, 15) is 5.11 Å². The molecule has 0 aliphatic carbocycles. The summed E-state index contributed by atoms with van der Waals surface area (Å²) >= 11 is 0. The summed E-state index contributed by atoms with van der Waals surface area (Å²) in [5, 5.41) is 10.7. The van der Waals surface area contributed by atoms with E-state index in [0.717, 1.165) is 5.56 Å². The normalized spacial score (nSPS) is 14.2. The summed E-state index contributed by atoms with van der Waals surface area (Å²) in [6.07, 6.45) is -0.439. The Kier molecular flexibility index (Phi) is 9.99. The highest BCUT2D eigenvalue weighted by atomic mass is 31.2. The van der Waals surface area contributed by atoms with Crippen molar-refractivity contribution >= 4 is 17.2 Å². The van der Waals surface area contributed by atoms with Gasteiger partial charge in [0.25, 0.3) is 0 Å². The molecule has 0 spiro atoms. The minimum Gasteiger partial charge on any atom is -0.388 e. The van der Waals surface area contributed by atoms with Crippen LogP contribution in [0.3, 0.4) is 0 Å². The second-order valence-electron chi connectivity index (χ2n) is 9.66. The summed E-state index contributed by atoms with van der Waals surface area (Å²) in [5.74, 6) is 0. The number of aliphatic hydroxyl groups excluding tert-OH is 1. The van der Waals surface area contributed by atoms with E-state index in [1.807, 2.05) is 0 Å². The molecule has 0 aromatic heterocycles. The fraction of sp³-hybridized carbons (Fsp3) is 0.684. The highest BCUT2D eigenvalue weighted by molar-refractivity contribution is 7.53. The number of hydrogen-bond acceptors (Lipinski definition) is 6. The summed E-state index contributed by atoms with van der Waals surface area (Å²) in [5.41, 5.74) is 3.66. The van der Waals surface area contributed by atoms with E-state index in [0.29, 0.717) is 0 Å². The molecule has 6 nitrogen and oxygen atoms in total. The summed E-state index contributed by atoms with van der Waals surface area (Å²) in [6, 6.07) is 6.57. The molecule has 0 amide bonds. The molecule has 0 saturated heterocycles. The molecule has 0 bridgehead atoms. The zero-order valence-corrected chi connectivity index (χ0v) is 19.6. The number of aliphatic hydroxyl groups is 1. The van der Waals surface area contributed by atoms with Gasteiger partial charge in [-0.05, 0) is 32.9 Å². The molecule has 0 heterocycles. The first-order valence-corrected chi connectivity index (χ1v) is 11.1. The molecule has 5 N–H and O–H groups in total. The van der Waals surface area contributed by atoms with E-state index in [4.69, 9.17) is 19.6 Å². The molecule has 0 radical (unpaired) electrons. The van der Waals surface area contributed by atoms with Crippen molar-refractivity contribution in [3.63, 3.8) is 0 Å². The lowest BCUT2D eigenvalue weighted by molar-refractivity contribution is 0.0611. The van der Waals surface area contributed by atoms with Crippen molar-refractivity contribution in [1.29, 1.82) is 0 Å². The van der Waals surface area contributed by atoms with E-state index in [-0.39, 0.29) is 16.2 Å². The van der Waals surface area contributed by atoms with E-state index in [2.05, 4.69) is 84.8 Å². The Morgan fingerprint density at radius 3 is 1.48 bits per heavy atom. The summed E-state index contributed by atoms with van der Waals surface area (Å²) in [4.78, 5) is 31.3. The van der Waals surface area contributed by atoms with Gasteiger partial charge in [-0.15, -0.1) is 0 Å². The molecule has 8 heteroatoms. The third kappa shape index (κ3) is 9.74. The third-order valence-electron chi connectivity index (χ3n) is 3.99. The molecule has 1 rings (SSSR count). The molecule has 1 aromatic carbocycles. The molecule has 0 aliphatic rings. The molecule has 27 heavy (non-hydrogen) atoms. The zero-order chi connectivity index (χ0) is 21.8. The molecule has 0 fully saturated rings. The second-order valence-corrected chi connectivity index (χ2v) is 11.3. The van der Waals surface area contributed by atoms with Crippen LogP contribution in [0, 0.1) is 5.41 Å². The molecule has 1 atom stereocenters. The maximum Gasteiger partial charge on any atom is 0.334 e. The minimum absolute atomic E-state index is 0.0306. The van der Waals surface area contributed by atoms with Crippen molar-refractivity contribution in [1.82, 2.24) is 0 Å². The molecule has 1 aromatic rings. The van der Waals surface area contributed by atoms with Crippen LogP contribution in [-0.2, 0) is 15.1 Å². The lowest BCUT2D eigenvalue weighted by Crippen LogP contribution is -2.24.